The van der Waals surface area contributed by atoms with Gasteiger partial charge in [0.15, 0.2) is 0 Å². The van der Waals surface area contributed by atoms with E-state index in [9.17, 15) is 0 Å². The summed E-state index contributed by atoms with van der Waals surface area (Å²) in [6.07, 6.45) is 9.19. The SMILES string of the molecule is CN(C)/C=N/c1cnc2c(c1Cl)C1CC3CC4CC2C34C1. The van der Waals surface area contributed by atoms with Crippen LogP contribution in [0.3, 0.4) is 0 Å². The Morgan fingerprint density at radius 3 is 2.90 bits per heavy atom. The minimum absolute atomic E-state index is 0.640. The maximum absolute atomic E-state index is 6.73. The monoisotopic (exact) mass is 301 g/mol. The van der Waals surface area contributed by atoms with E-state index in [1.165, 1.54) is 36.9 Å². The van der Waals surface area contributed by atoms with Crippen molar-refractivity contribution in [3.8, 4) is 0 Å². The van der Waals surface area contributed by atoms with E-state index in [0.717, 1.165) is 22.5 Å². The number of hydrogen-bond acceptors (Lipinski definition) is 2. The number of hydrogen-bond donors (Lipinski definition) is 0. The van der Waals surface area contributed by atoms with Gasteiger partial charge in [-0.25, -0.2) is 4.99 Å². The maximum atomic E-state index is 6.73. The summed E-state index contributed by atoms with van der Waals surface area (Å²) in [5.74, 6) is 3.28. The van der Waals surface area contributed by atoms with E-state index in [-0.39, 0.29) is 0 Å². The van der Waals surface area contributed by atoms with Crippen LogP contribution in [0.1, 0.15) is 48.8 Å². The van der Waals surface area contributed by atoms with Crippen molar-refractivity contribution in [2.75, 3.05) is 14.1 Å². The quantitative estimate of drug-likeness (QED) is 0.611. The van der Waals surface area contributed by atoms with Gasteiger partial charge in [-0.2, -0.15) is 0 Å². The lowest BCUT2D eigenvalue weighted by molar-refractivity contribution is -0.147. The van der Waals surface area contributed by atoms with Crippen molar-refractivity contribution in [1.82, 2.24) is 9.88 Å². The van der Waals surface area contributed by atoms with Gasteiger partial charge in [-0.15, -0.1) is 0 Å². The molecule has 3 saturated carbocycles. The van der Waals surface area contributed by atoms with E-state index in [1.54, 1.807) is 6.34 Å². The zero-order valence-corrected chi connectivity index (χ0v) is 13.3. The first-order chi connectivity index (χ1) is 10.1. The minimum atomic E-state index is 0.640. The van der Waals surface area contributed by atoms with Crippen molar-refractivity contribution in [3.05, 3.63) is 22.5 Å². The number of aromatic nitrogens is 1. The smallest absolute Gasteiger partial charge is 0.102 e. The molecule has 5 unspecified atom stereocenters. The summed E-state index contributed by atoms with van der Waals surface area (Å²) in [5, 5.41) is 0.864. The van der Waals surface area contributed by atoms with E-state index < -0.39 is 0 Å². The molecule has 0 saturated heterocycles. The molecular formula is C17H20ClN3. The summed E-state index contributed by atoms with van der Waals surface area (Å²) in [6, 6.07) is 0. The molecule has 0 aromatic carbocycles. The number of aliphatic imine (C=N–C) groups is 1. The molecule has 3 nitrogen and oxygen atoms in total. The van der Waals surface area contributed by atoms with Crippen LogP contribution in [-0.2, 0) is 0 Å². The largest absolute Gasteiger partial charge is 0.369 e. The zero-order valence-electron chi connectivity index (χ0n) is 12.5. The Morgan fingerprint density at radius 1 is 1.33 bits per heavy atom. The first-order valence-electron chi connectivity index (χ1n) is 8.00. The third-order valence-electron chi connectivity index (χ3n) is 6.66. The molecule has 5 atom stereocenters. The third kappa shape index (κ3) is 1.32. The molecule has 2 bridgehead atoms. The summed E-state index contributed by atoms with van der Waals surface area (Å²) < 4.78 is 0. The Kier molecular flexibility index (Phi) is 2.26. The second-order valence-corrected chi connectivity index (χ2v) is 8.01. The van der Waals surface area contributed by atoms with E-state index >= 15 is 0 Å². The highest BCUT2D eigenvalue weighted by Gasteiger charge is 2.72. The van der Waals surface area contributed by atoms with E-state index in [4.69, 9.17) is 16.6 Å². The van der Waals surface area contributed by atoms with Gasteiger partial charge < -0.3 is 4.90 Å². The number of fused-ring (bicyclic) bond motifs is 4. The Hall–Kier alpha value is -1.09. The molecule has 110 valence electrons. The topological polar surface area (TPSA) is 28.5 Å². The molecule has 0 N–H and O–H groups in total. The molecule has 4 aliphatic rings. The number of nitrogens with zero attached hydrogens (tertiary/aromatic N) is 3. The standard InChI is InChI=1S/C17H20ClN3/c1-21(2)8-20-13-7-19-16-12-5-11-4-10-3-9(6-17(10,11)12)14(16)15(13)18/h7-12H,3-6H2,1-2H3/b20-8+. The van der Waals surface area contributed by atoms with Gasteiger partial charge >= 0.3 is 0 Å². The average Bonchev–Trinajstić information content (AvgIpc) is 2.80. The van der Waals surface area contributed by atoms with Crippen molar-refractivity contribution < 1.29 is 0 Å². The van der Waals surface area contributed by atoms with Crippen LogP contribution in [0, 0.1) is 17.3 Å². The highest BCUT2D eigenvalue weighted by molar-refractivity contribution is 6.34. The van der Waals surface area contributed by atoms with Crippen molar-refractivity contribution in [2.45, 2.75) is 37.5 Å². The number of rotatable bonds is 2. The second-order valence-electron chi connectivity index (χ2n) is 7.63. The normalized spacial score (nSPS) is 41.3. The summed E-state index contributed by atoms with van der Waals surface area (Å²) in [7, 11) is 3.94. The Labute approximate surface area is 130 Å². The van der Waals surface area contributed by atoms with Crippen molar-refractivity contribution in [2.24, 2.45) is 22.2 Å². The van der Waals surface area contributed by atoms with Crippen LogP contribution in [-0.4, -0.2) is 30.3 Å². The van der Waals surface area contributed by atoms with Gasteiger partial charge in [0.05, 0.1) is 17.6 Å². The molecule has 0 radical (unpaired) electrons. The van der Waals surface area contributed by atoms with Gasteiger partial charge in [0.2, 0.25) is 0 Å². The highest BCUT2D eigenvalue weighted by atomic mass is 35.5. The van der Waals surface area contributed by atoms with Gasteiger partial charge in [-0.05, 0) is 54.4 Å². The van der Waals surface area contributed by atoms with Crippen LogP contribution in [0.4, 0.5) is 5.69 Å². The van der Waals surface area contributed by atoms with E-state index in [2.05, 4.69) is 4.99 Å². The van der Waals surface area contributed by atoms with Crippen LogP contribution in [0.2, 0.25) is 5.02 Å². The fourth-order valence-electron chi connectivity index (χ4n) is 5.86. The molecule has 4 heteroatoms. The first kappa shape index (κ1) is 12.5. The second kappa shape index (κ2) is 3.81. The van der Waals surface area contributed by atoms with Gasteiger partial charge in [0.1, 0.15) is 5.69 Å². The van der Waals surface area contributed by atoms with Crippen molar-refractivity contribution in [1.29, 1.82) is 0 Å². The fourth-order valence-corrected chi connectivity index (χ4v) is 6.20. The zero-order chi connectivity index (χ0) is 14.4. The van der Waals surface area contributed by atoms with Gasteiger partial charge in [-0.3, -0.25) is 4.98 Å². The molecule has 1 aromatic rings. The molecule has 5 rings (SSSR count). The molecule has 3 fully saturated rings. The summed E-state index contributed by atoms with van der Waals surface area (Å²) in [5.41, 5.74) is 4.13. The third-order valence-corrected chi connectivity index (χ3v) is 7.05. The Balaban J connectivity index is 1.62. The summed E-state index contributed by atoms with van der Waals surface area (Å²) >= 11 is 6.73. The molecule has 1 spiro atoms. The Bertz CT molecular complexity index is 668. The number of pyridine rings is 1. The van der Waals surface area contributed by atoms with Gasteiger partial charge in [0.25, 0.3) is 0 Å². The lowest BCUT2D eigenvalue weighted by Crippen LogP contribution is -2.59. The fraction of sp³-hybridized carbons (Fsp3) is 0.647. The summed E-state index contributed by atoms with van der Waals surface area (Å²) in [6.45, 7) is 0. The summed E-state index contributed by atoms with van der Waals surface area (Å²) in [4.78, 5) is 11.2. The van der Waals surface area contributed by atoms with Crippen LogP contribution in [0.25, 0.3) is 0 Å². The molecular weight excluding hydrogens is 282 g/mol. The molecule has 0 aliphatic heterocycles. The molecule has 1 heterocycles. The first-order valence-corrected chi connectivity index (χ1v) is 8.38. The number of halogens is 1. The van der Waals surface area contributed by atoms with Crippen LogP contribution < -0.4 is 0 Å². The molecule has 1 aromatic heterocycles. The molecule has 4 aliphatic carbocycles. The van der Waals surface area contributed by atoms with E-state index in [1.807, 2.05) is 25.2 Å². The lowest BCUT2D eigenvalue weighted by Gasteiger charge is -2.67. The predicted octanol–water partition coefficient (Wildman–Crippen LogP) is 3.96. The minimum Gasteiger partial charge on any atom is -0.369 e. The van der Waals surface area contributed by atoms with Crippen molar-refractivity contribution >= 4 is 23.6 Å². The molecule has 0 amide bonds. The van der Waals surface area contributed by atoms with Crippen molar-refractivity contribution in [3.63, 3.8) is 0 Å². The lowest BCUT2D eigenvalue weighted by atomic mass is 9.37. The van der Waals surface area contributed by atoms with Crippen LogP contribution in [0.15, 0.2) is 11.2 Å². The van der Waals surface area contributed by atoms with Crippen LogP contribution in [0.5, 0.6) is 0 Å². The molecule has 21 heavy (non-hydrogen) atoms. The van der Waals surface area contributed by atoms with Gasteiger partial charge in [-0.1, -0.05) is 11.6 Å². The van der Waals surface area contributed by atoms with Gasteiger partial charge in [0, 0.05) is 25.7 Å². The van der Waals surface area contributed by atoms with Crippen LogP contribution >= 0.6 is 11.6 Å². The highest BCUT2D eigenvalue weighted by Crippen LogP contribution is 2.81. The van der Waals surface area contributed by atoms with E-state index in [0.29, 0.717) is 17.3 Å². The Morgan fingerprint density at radius 2 is 2.14 bits per heavy atom. The maximum Gasteiger partial charge on any atom is 0.102 e. The predicted molar refractivity (Wildman–Crippen MR) is 84.4 cm³/mol. The average molecular weight is 302 g/mol.